The molecule has 0 amide bonds. The Morgan fingerprint density at radius 3 is 2.11 bits per heavy atom. The van der Waals surface area contributed by atoms with Crippen LogP contribution in [0.1, 0.15) is 25.0 Å². The van der Waals surface area contributed by atoms with Gasteiger partial charge in [0.05, 0.1) is 0 Å². The molecule has 0 radical (unpaired) electrons. The van der Waals surface area contributed by atoms with Crippen LogP contribution in [0.3, 0.4) is 0 Å². The van der Waals surface area contributed by atoms with Crippen LogP contribution >= 0.6 is 0 Å². The molecular formula is C17H18O. The van der Waals surface area contributed by atoms with Gasteiger partial charge in [-0.3, -0.25) is 0 Å². The maximum absolute atomic E-state index is 6.05. The lowest BCUT2D eigenvalue weighted by Crippen LogP contribution is -2.25. The molecule has 2 rings (SSSR count). The van der Waals surface area contributed by atoms with E-state index in [-0.39, 0.29) is 5.60 Å². The van der Waals surface area contributed by atoms with Gasteiger partial charge in [0.25, 0.3) is 0 Å². The second-order valence-corrected chi connectivity index (χ2v) is 4.75. The normalized spacial score (nSPS) is 11.0. The average Bonchev–Trinajstić information content (AvgIpc) is 2.40. The summed E-state index contributed by atoms with van der Waals surface area (Å²) in [5, 5.41) is 0. The van der Waals surface area contributed by atoms with Crippen LogP contribution in [-0.2, 0) is 5.60 Å². The zero-order chi connectivity index (χ0) is 13.0. The summed E-state index contributed by atoms with van der Waals surface area (Å²) < 4.78 is 6.05. The molecule has 0 unspecified atom stereocenters. The third-order valence-electron chi connectivity index (χ3n) is 2.96. The Morgan fingerprint density at radius 1 is 0.944 bits per heavy atom. The van der Waals surface area contributed by atoms with E-state index in [1.54, 1.807) is 0 Å². The Labute approximate surface area is 109 Å². The molecule has 1 heteroatoms. The first-order valence-corrected chi connectivity index (χ1v) is 6.09. The molecule has 2 aromatic carbocycles. The van der Waals surface area contributed by atoms with Crippen molar-refractivity contribution in [2.24, 2.45) is 0 Å². The monoisotopic (exact) mass is 238 g/mol. The molecule has 0 saturated heterocycles. The molecule has 2 aromatic rings. The van der Waals surface area contributed by atoms with Crippen molar-refractivity contribution in [2.75, 3.05) is 0 Å². The minimum Gasteiger partial charge on any atom is -0.483 e. The summed E-state index contributed by atoms with van der Waals surface area (Å²) in [6.45, 7) is 7.89. The van der Waals surface area contributed by atoms with E-state index < -0.39 is 0 Å². The molecule has 0 heterocycles. The highest BCUT2D eigenvalue weighted by molar-refractivity contribution is 5.48. The summed E-state index contributed by atoms with van der Waals surface area (Å²) in [6.07, 6.45) is 1.83. The second-order valence-electron chi connectivity index (χ2n) is 4.75. The van der Waals surface area contributed by atoms with Gasteiger partial charge in [-0.25, -0.2) is 0 Å². The molecular weight excluding hydrogens is 220 g/mol. The molecule has 0 aromatic heterocycles. The molecule has 0 spiro atoms. The summed E-state index contributed by atoms with van der Waals surface area (Å²) in [4.78, 5) is 0. The van der Waals surface area contributed by atoms with E-state index in [4.69, 9.17) is 4.74 Å². The summed E-state index contributed by atoms with van der Waals surface area (Å²) in [7, 11) is 0. The van der Waals surface area contributed by atoms with Gasteiger partial charge >= 0.3 is 0 Å². The van der Waals surface area contributed by atoms with Crippen molar-refractivity contribution in [3.05, 3.63) is 72.3 Å². The van der Waals surface area contributed by atoms with Crippen LogP contribution in [0.5, 0.6) is 5.75 Å². The van der Waals surface area contributed by atoms with E-state index in [9.17, 15) is 0 Å². The van der Waals surface area contributed by atoms with Crippen molar-refractivity contribution < 1.29 is 4.74 Å². The molecule has 0 bridgehead atoms. The van der Waals surface area contributed by atoms with Crippen molar-refractivity contribution in [1.82, 2.24) is 0 Å². The largest absolute Gasteiger partial charge is 0.483 e. The van der Waals surface area contributed by atoms with E-state index in [0.29, 0.717) is 0 Å². The van der Waals surface area contributed by atoms with E-state index in [1.165, 1.54) is 0 Å². The first-order chi connectivity index (χ1) is 8.62. The lowest BCUT2D eigenvalue weighted by atomic mass is 9.98. The van der Waals surface area contributed by atoms with Gasteiger partial charge in [-0.05, 0) is 37.1 Å². The topological polar surface area (TPSA) is 9.23 Å². The van der Waals surface area contributed by atoms with Crippen LogP contribution in [0.25, 0.3) is 6.08 Å². The summed E-state index contributed by atoms with van der Waals surface area (Å²) in [5.74, 6) is 0.870. The highest BCUT2D eigenvalue weighted by Gasteiger charge is 2.21. The van der Waals surface area contributed by atoms with Gasteiger partial charge in [-0.2, -0.15) is 0 Å². The smallest absolute Gasteiger partial charge is 0.128 e. The highest BCUT2D eigenvalue weighted by atomic mass is 16.5. The number of hydrogen-bond donors (Lipinski definition) is 0. The summed E-state index contributed by atoms with van der Waals surface area (Å²) in [5.41, 5.74) is 1.93. The van der Waals surface area contributed by atoms with Gasteiger partial charge in [0, 0.05) is 0 Å². The van der Waals surface area contributed by atoms with Gasteiger partial charge in [0.1, 0.15) is 11.4 Å². The number of benzene rings is 2. The van der Waals surface area contributed by atoms with Crippen molar-refractivity contribution >= 4 is 6.08 Å². The van der Waals surface area contributed by atoms with Gasteiger partial charge in [0.2, 0.25) is 0 Å². The van der Waals surface area contributed by atoms with Crippen LogP contribution in [0.2, 0.25) is 0 Å². The minimum atomic E-state index is -0.336. The van der Waals surface area contributed by atoms with E-state index >= 15 is 0 Å². The Balaban J connectivity index is 2.19. The average molecular weight is 238 g/mol. The Hall–Kier alpha value is -2.02. The molecule has 1 nitrogen and oxygen atoms in total. The van der Waals surface area contributed by atoms with Crippen LogP contribution in [0, 0.1) is 0 Å². The third kappa shape index (κ3) is 2.80. The molecule has 0 saturated carbocycles. The van der Waals surface area contributed by atoms with Gasteiger partial charge in [-0.15, -0.1) is 0 Å². The quantitative estimate of drug-likeness (QED) is 0.753. The number of ether oxygens (including phenoxy) is 1. The van der Waals surface area contributed by atoms with Gasteiger partial charge < -0.3 is 4.74 Å². The van der Waals surface area contributed by atoms with Gasteiger partial charge in [0.15, 0.2) is 0 Å². The fourth-order valence-electron chi connectivity index (χ4n) is 1.87. The molecule has 0 N–H and O–H groups in total. The third-order valence-corrected chi connectivity index (χ3v) is 2.96. The van der Waals surface area contributed by atoms with E-state index in [1.807, 2.05) is 48.5 Å². The first kappa shape index (κ1) is 12.4. The maximum Gasteiger partial charge on any atom is 0.128 e. The maximum atomic E-state index is 6.05. The fraction of sp³-hybridized carbons (Fsp3) is 0.176. The van der Waals surface area contributed by atoms with Crippen LogP contribution in [0.4, 0.5) is 0 Å². The van der Waals surface area contributed by atoms with E-state index in [2.05, 4.69) is 32.6 Å². The van der Waals surface area contributed by atoms with Crippen molar-refractivity contribution in [2.45, 2.75) is 19.4 Å². The summed E-state index contributed by atoms with van der Waals surface area (Å²) in [6, 6.07) is 18.2. The minimum absolute atomic E-state index is 0.336. The molecule has 92 valence electrons. The fourth-order valence-corrected chi connectivity index (χ4v) is 1.87. The molecule has 0 atom stereocenters. The number of hydrogen-bond acceptors (Lipinski definition) is 1. The standard InChI is InChI=1S/C17H18O/c1-4-14-10-12-16(13-11-14)18-17(2,3)15-8-6-5-7-9-15/h4-13H,1H2,2-3H3. The van der Waals surface area contributed by atoms with Crippen LogP contribution in [-0.4, -0.2) is 0 Å². The predicted octanol–water partition coefficient (Wildman–Crippen LogP) is 4.64. The zero-order valence-corrected chi connectivity index (χ0v) is 10.9. The molecule has 0 aliphatic heterocycles. The first-order valence-electron chi connectivity index (χ1n) is 6.09. The Morgan fingerprint density at radius 2 is 1.56 bits per heavy atom. The van der Waals surface area contributed by atoms with Crippen molar-refractivity contribution in [1.29, 1.82) is 0 Å². The molecule has 0 aliphatic rings. The van der Waals surface area contributed by atoms with Crippen LogP contribution in [0.15, 0.2) is 61.2 Å². The molecule has 18 heavy (non-hydrogen) atoms. The summed E-state index contributed by atoms with van der Waals surface area (Å²) >= 11 is 0. The Kier molecular flexibility index (Phi) is 3.52. The predicted molar refractivity (Wildman–Crippen MR) is 76.6 cm³/mol. The molecule has 0 aliphatic carbocycles. The number of rotatable bonds is 4. The zero-order valence-electron chi connectivity index (χ0n) is 10.9. The lowest BCUT2D eigenvalue weighted by molar-refractivity contribution is 0.109. The lowest BCUT2D eigenvalue weighted by Gasteiger charge is -2.27. The van der Waals surface area contributed by atoms with Crippen LogP contribution < -0.4 is 4.74 Å². The van der Waals surface area contributed by atoms with Gasteiger partial charge in [-0.1, -0.05) is 55.1 Å². The Bertz CT molecular complexity index is 509. The highest BCUT2D eigenvalue weighted by Crippen LogP contribution is 2.27. The SMILES string of the molecule is C=Cc1ccc(OC(C)(C)c2ccccc2)cc1. The molecule has 0 fully saturated rings. The van der Waals surface area contributed by atoms with E-state index in [0.717, 1.165) is 16.9 Å². The second kappa shape index (κ2) is 5.09. The van der Waals surface area contributed by atoms with Crippen molar-refractivity contribution in [3.8, 4) is 5.75 Å². The van der Waals surface area contributed by atoms with Crippen molar-refractivity contribution in [3.63, 3.8) is 0 Å².